The summed E-state index contributed by atoms with van der Waals surface area (Å²) in [5, 5.41) is 11.3. The number of thioether (sulfide) groups is 1. The number of benzene rings is 2. The largest absolute Gasteiger partial charge is 0.271 e. The maximum Gasteiger partial charge on any atom is 0.200 e. The standard InChI is InChI=1S/C15H8F5N3S2/c1-24-15(22-6-21)23-7-2-4-8(5-3-7)25-14-12(19)10(17)9(16)11(18)13(14)20/h2-5H,1H3,(H,22,23). The molecule has 0 fully saturated rings. The van der Waals surface area contributed by atoms with Gasteiger partial charge in [-0.25, -0.2) is 26.9 Å². The molecule has 1 N–H and O–H groups in total. The molecule has 0 bridgehead atoms. The summed E-state index contributed by atoms with van der Waals surface area (Å²) in [4.78, 5) is 3.38. The van der Waals surface area contributed by atoms with E-state index >= 15 is 0 Å². The molecule has 0 radical (unpaired) electrons. The Kier molecular flexibility index (Phi) is 6.27. The average Bonchev–Trinajstić information content (AvgIpc) is 2.63. The topological polar surface area (TPSA) is 48.2 Å². The lowest BCUT2D eigenvalue weighted by Gasteiger charge is -2.08. The van der Waals surface area contributed by atoms with Crippen molar-refractivity contribution < 1.29 is 22.0 Å². The summed E-state index contributed by atoms with van der Waals surface area (Å²) in [5.41, 5.74) is 0.439. The Bertz CT molecular complexity index is 834. The van der Waals surface area contributed by atoms with E-state index in [1.807, 2.05) is 0 Å². The van der Waals surface area contributed by atoms with Crippen LogP contribution in [0.5, 0.6) is 0 Å². The average molecular weight is 389 g/mol. The van der Waals surface area contributed by atoms with E-state index in [1.54, 1.807) is 12.4 Å². The van der Waals surface area contributed by atoms with Gasteiger partial charge in [-0.1, -0.05) is 23.5 Å². The van der Waals surface area contributed by atoms with Crippen molar-refractivity contribution in [2.45, 2.75) is 9.79 Å². The Morgan fingerprint density at radius 1 is 0.960 bits per heavy atom. The van der Waals surface area contributed by atoms with Gasteiger partial charge in [0.25, 0.3) is 0 Å². The van der Waals surface area contributed by atoms with Crippen LogP contribution in [0.4, 0.5) is 27.6 Å². The fraction of sp³-hybridized carbons (Fsp3) is 0.0667. The van der Waals surface area contributed by atoms with Gasteiger partial charge in [0, 0.05) is 4.90 Å². The van der Waals surface area contributed by atoms with E-state index in [9.17, 15) is 22.0 Å². The predicted molar refractivity (Wildman–Crippen MR) is 86.2 cm³/mol. The zero-order valence-corrected chi connectivity index (χ0v) is 14.0. The van der Waals surface area contributed by atoms with E-state index in [4.69, 9.17) is 5.26 Å². The van der Waals surface area contributed by atoms with Gasteiger partial charge in [0.15, 0.2) is 34.6 Å². The van der Waals surface area contributed by atoms with Crippen LogP contribution in [0.15, 0.2) is 39.0 Å². The summed E-state index contributed by atoms with van der Waals surface area (Å²) in [6, 6.07) is 5.77. The second-order valence-corrected chi connectivity index (χ2v) is 6.23. The Labute approximate surface area is 147 Å². The van der Waals surface area contributed by atoms with Gasteiger partial charge in [-0.15, -0.1) is 0 Å². The van der Waals surface area contributed by atoms with Gasteiger partial charge >= 0.3 is 0 Å². The number of hydrogen-bond acceptors (Lipinski definition) is 4. The SMILES string of the molecule is CSC(=Nc1ccc(Sc2c(F)c(F)c(F)c(F)c2F)cc1)NC#N. The van der Waals surface area contributed by atoms with Gasteiger partial charge in [-0.05, 0) is 30.5 Å². The minimum absolute atomic E-state index is 0.251. The third-order valence-corrected chi connectivity index (χ3v) is 4.46. The highest BCUT2D eigenvalue weighted by molar-refractivity contribution is 8.13. The molecular weight excluding hydrogens is 381 g/mol. The molecule has 130 valence electrons. The molecule has 0 atom stereocenters. The van der Waals surface area contributed by atoms with E-state index in [0.29, 0.717) is 22.6 Å². The molecule has 2 aromatic carbocycles. The van der Waals surface area contributed by atoms with Gasteiger partial charge in [0.05, 0.1) is 10.6 Å². The highest BCUT2D eigenvalue weighted by Gasteiger charge is 2.26. The first kappa shape index (κ1) is 19.1. The minimum atomic E-state index is -2.20. The van der Waals surface area contributed by atoms with E-state index in [2.05, 4.69) is 10.3 Å². The molecular formula is C15H8F5N3S2. The third-order valence-electron chi connectivity index (χ3n) is 2.81. The van der Waals surface area contributed by atoms with Crippen molar-refractivity contribution in [3.05, 3.63) is 53.4 Å². The van der Waals surface area contributed by atoms with E-state index in [1.165, 1.54) is 36.0 Å². The van der Waals surface area contributed by atoms with Crippen LogP contribution in [0.2, 0.25) is 0 Å². The summed E-state index contributed by atoms with van der Waals surface area (Å²) in [6.45, 7) is 0. The van der Waals surface area contributed by atoms with Gasteiger partial charge in [-0.3, -0.25) is 5.32 Å². The second-order valence-electron chi connectivity index (χ2n) is 4.35. The molecule has 0 unspecified atom stereocenters. The molecule has 10 heteroatoms. The van der Waals surface area contributed by atoms with Crippen molar-refractivity contribution in [1.29, 1.82) is 5.26 Å². The molecule has 0 aliphatic rings. The Morgan fingerprint density at radius 3 is 1.96 bits per heavy atom. The number of amidine groups is 1. The summed E-state index contributed by atoms with van der Waals surface area (Å²) in [6.07, 6.45) is 3.42. The Balaban J connectivity index is 2.30. The van der Waals surface area contributed by atoms with Gasteiger partial charge in [-0.2, -0.15) is 5.26 Å². The number of nitriles is 1. The summed E-state index contributed by atoms with van der Waals surface area (Å²) >= 11 is 1.60. The smallest absolute Gasteiger partial charge is 0.200 e. The molecule has 2 aromatic rings. The number of rotatable bonds is 3. The molecule has 0 aromatic heterocycles. The molecule has 0 saturated heterocycles. The molecule has 3 nitrogen and oxygen atoms in total. The lowest BCUT2D eigenvalue weighted by Crippen LogP contribution is -2.12. The van der Waals surface area contributed by atoms with Crippen LogP contribution >= 0.6 is 23.5 Å². The highest BCUT2D eigenvalue weighted by atomic mass is 32.2. The van der Waals surface area contributed by atoms with Crippen LogP contribution in [-0.2, 0) is 0 Å². The summed E-state index contributed by atoms with van der Waals surface area (Å²) in [5.74, 6) is -9.94. The first-order chi connectivity index (χ1) is 11.9. The molecule has 0 aliphatic carbocycles. The van der Waals surface area contributed by atoms with E-state index in [-0.39, 0.29) is 4.90 Å². The molecule has 0 amide bonds. The lowest BCUT2D eigenvalue weighted by atomic mass is 10.3. The summed E-state index contributed by atoms with van der Waals surface area (Å²) < 4.78 is 66.7. The van der Waals surface area contributed by atoms with E-state index in [0.717, 1.165) is 0 Å². The Morgan fingerprint density at radius 2 is 1.48 bits per heavy atom. The first-order valence-electron chi connectivity index (χ1n) is 6.46. The molecule has 25 heavy (non-hydrogen) atoms. The first-order valence-corrected chi connectivity index (χ1v) is 8.50. The van der Waals surface area contributed by atoms with Crippen molar-refractivity contribution in [2.75, 3.05) is 6.26 Å². The maximum atomic E-state index is 13.7. The zero-order valence-electron chi connectivity index (χ0n) is 12.4. The summed E-state index contributed by atoms with van der Waals surface area (Å²) in [7, 11) is 0. The monoisotopic (exact) mass is 389 g/mol. The van der Waals surface area contributed by atoms with Crippen LogP contribution in [0.3, 0.4) is 0 Å². The number of hydrogen-bond donors (Lipinski definition) is 1. The van der Waals surface area contributed by atoms with Gasteiger partial charge < -0.3 is 0 Å². The predicted octanol–water partition coefficient (Wildman–Crippen LogP) is 4.95. The lowest BCUT2D eigenvalue weighted by molar-refractivity contribution is 0.361. The minimum Gasteiger partial charge on any atom is -0.271 e. The van der Waals surface area contributed by atoms with Crippen molar-refractivity contribution in [1.82, 2.24) is 5.32 Å². The Hall–Kier alpha value is -2.25. The normalized spacial score (nSPS) is 11.3. The van der Waals surface area contributed by atoms with Crippen molar-refractivity contribution in [3.63, 3.8) is 0 Å². The van der Waals surface area contributed by atoms with Gasteiger partial charge in [0.1, 0.15) is 0 Å². The molecule has 0 spiro atoms. The van der Waals surface area contributed by atoms with Crippen LogP contribution < -0.4 is 5.32 Å². The van der Waals surface area contributed by atoms with Crippen LogP contribution in [0, 0.1) is 40.5 Å². The van der Waals surface area contributed by atoms with Crippen LogP contribution in [0.25, 0.3) is 0 Å². The number of aliphatic imine (C=N–C) groups is 1. The van der Waals surface area contributed by atoms with Crippen LogP contribution in [0.1, 0.15) is 0 Å². The number of halogens is 5. The van der Waals surface area contributed by atoms with Crippen LogP contribution in [-0.4, -0.2) is 11.4 Å². The third kappa shape index (κ3) is 4.24. The van der Waals surface area contributed by atoms with Crippen molar-refractivity contribution in [3.8, 4) is 6.19 Å². The van der Waals surface area contributed by atoms with Crippen molar-refractivity contribution in [2.24, 2.45) is 4.99 Å². The maximum absolute atomic E-state index is 13.7. The van der Waals surface area contributed by atoms with E-state index < -0.39 is 34.0 Å². The number of nitrogens with zero attached hydrogens (tertiary/aromatic N) is 2. The number of nitrogens with one attached hydrogen (secondary N) is 1. The van der Waals surface area contributed by atoms with Crippen molar-refractivity contribution >= 4 is 34.4 Å². The molecule has 2 rings (SSSR count). The molecule has 0 saturated carbocycles. The molecule has 0 aliphatic heterocycles. The van der Waals surface area contributed by atoms with Gasteiger partial charge in [0.2, 0.25) is 5.82 Å². The zero-order chi connectivity index (χ0) is 18.6. The fourth-order valence-electron chi connectivity index (χ4n) is 1.67. The quantitative estimate of drug-likeness (QED) is 0.153. The second kappa shape index (κ2) is 8.22. The molecule has 0 heterocycles. The fourth-order valence-corrected chi connectivity index (χ4v) is 2.88. The highest BCUT2D eigenvalue weighted by Crippen LogP contribution is 2.36.